The monoisotopic (exact) mass is 359 g/mol. The van der Waals surface area contributed by atoms with Gasteiger partial charge in [-0.05, 0) is 35.2 Å². The number of hydrogen-bond donors (Lipinski definition) is 0. The Morgan fingerprint density at radius 3 is 2.25 bits per heavy atom. The Balaban J connectivity index is 1.93. The topological polar surface area (TPSA) is 12.9 Å². The molecule has 1 heterocycles. The summed E-state index contributed by atoms with van der Waals surface area (Å²) in [6.07, 6.45) is 3.72. The van der Waals surface area contributed by atoms with Crippen molar-refractivity contribution in [2.45, 2.75) is 19.8 Å². The molecule has 1 aromatic heterocycles. The first-order valence-electron chi connectivity index (χ1n) is 7.78. The van der Waals surface area contributed by atoms with Crippen molar-refractivity contribution >= 4 is 23.2 Å². The lowest BCUT2D eigenvalue weighted by atomic mass is 9.99. The summed E-state index contributed by atoms with van der Waals surface area (Å²) < 4.78 is 14.6. The lowest BCUT2D eigenvalue weighted by Crippen LogP contribution is -1.89. The normalized spacial score (nSPS) is 10.8. The van der Waals surface area contributed by atoms with Crippen molar-refractivity contribution in [3.63, 3.8) is 0 Å². The van der Waals surface area contributed by atoms with Gasteiger partial charge in [-0.25, -0.2) is 9.37 Å². The number of pyridine rings is 1. The van der Waals surface area contributed by atoms with E-state index in [2.05, 4.69) is 24.0 Å². The van der Waals surface area contributed by atoms with Crippen molar-refractivity contribution in [2.24, 2.45) is 0 Å². The van der Waals surface area contributed by atoms with Crippen LogP contribution >= 0.6 is 23.2 Å². The standard InChI is InChI=1S/C20H16Cl2FN/c1-2-3-13-4-6-14(7-5-13)17-9-8-15(11-19(17)23)16-10-18(21)20(22)24-12-16/h4-12H,2-3H2,1H3. The highest BCUT2D eigenvalue weighted by atomic mass is 35.5. The highest BCUT2D eigenvalue weighted by molar-refractivity contribution is 6.41. The first-order chi connectivity index (χ1) is 11.6. The van der Waals surface area contributed by atoms with Gasteiger partial charge in [0, 0.05) is 17.3 Å². The molecule has 1 nitrogen and oxygen atoms in total. The smallest absolute Gasteiger partial charge is 0.147 e. The van der Waals surface area contributed by atoms with Gasteiger partial charge in [-0.1, -0.05) is 72.9 Å². The number of nitrogens with zero attached hydrogens (tertiary/aromatic N) is 1. The minimum Gasteiger partial charge on any atom is -0.242 e. The largest absolute Gasteiger partial charge is 0.242 e. The van der Waals surface area contributed by atoms with Crippen LogP contribution in [0.15, 0.2) is 54.7 Å². The molecule has 3 aromatic rings. The molecule has 3 rings (SSSR count). The molecular weight excluding hydrogens is 344 g/mol. The zero-order valence-corrected chi connectivity index (χ0v) is 14.7. The molecule has 0 saturated heterocycles. The van der Waals surface area contributed by atoms with Gasteiger partial charge in [-0.3, -0.25) is 0 Å². The fraction of sp³-hybridized carbons (Fsp3) is 0.150. The van der Waals surface area contributed by atoms with E-state index < -0.39 is 0 Å². The average Bonchev–Trinajstić information content (AvgIpc) is 2.58. The molecular formula is C20H16Cl2FN. The van der Waals surface area contributed by atoms with Crippen molar-refractivity contribution in [3.8, 4) is 22.3 Å². The number of rotatable bonds is 4. The van der Waals surface area contributed by atoms with E-state index in [9.17, 15) is 4.39 Å². The van der Waals surface area contributed by atoms with Gasteiger partial charge in [0.15, 0.2) is 0 Å². The Morgan fingerprint density at radius 1 is 0.917 bits per heavy atom. The van der Waals surface area contributed by atoms with Crippen LogP contribution in [0.1, 0.15) is 18.9 Å². The number of benzene rings is 2. The summed E-state index contributed by atoms with van der Waals surface area (Å²) in [4.78, 5) is 4.00. The minimum atomic E-state index is -0.276. The van der Waals surface area contributed by atoms with Crippen LogP contribution in [-0.4, -0.2) is 4.98 Å². The van der Waals surface area contributed by atoms with Crippen LogP contribution in [0, 0.1) is 5.82 Å². The molecule has 2 aromatic carbocycles. The average molecular weight is 360 g/mol. The molecule has 0 fully saturated rings. The molecule has 0 unspecified atom stereocenters. The van der Waals surface area contributed by atoms with Crippen molar-refractivity contribution in [1.29, 1.82) is 0 Å². The van der Waals surface area contributed by atoms with E-state index in [-0.39, 0.29) is 11.0 Å². The van der Waals surface area contributed by atoms with Crippen LogP contribution in [-0.2, 0) is 6.42 Å². The Hall–Kier alpha value is -1.90. The fourth-order valence-electron chi connectivity index (χ4n) is 2.65. The molecule has 0 aliphatic heterocycles. The summed E-state index contributed by atoms with van der Waals surface area (Å²) >= 11 is 11.8. The van der Waals surface area contributed by atoms with E-state index in [1.807, 2.05) is 18.2 Å². The first-order valence-corrected chi connectivity index (χ1v) is 8.54. The predicted molar refractivity (Wildman–Crippen MR) is 99.1 cm³/mol. The molecule has 0 bridgehead atoms. The lowest BCUT2D eigenvalue weighted by Gasteiger charge is -2.08. The number of aromatic nitrogens is 1. The fourth-order valence-corrected chi connectivity index (χ4v) is 2.92. The van der Waals surface area contributed by atoms with E-state index in [0.29, 0.717) is 16.1 Å². The van der Waals surface area contributed by atoms with Gasteiger partial charge < -0.3 is 0 Å². The summed E-state index contributed by atoms with van der Waals surface area (Å²) in [5, 5.41) is 0.592. The third-order valence-electron chi connectivity index (χ3n) is 3.90. The van der Waals surface area contributed by atoms with Gasteiger partial charge >= 0.3 is 0 Å². The molecule has 24 heavy (non-hydrogen) atoms. The van der Waals surface area contributed by atoms with Crippen molar-refractivity contribution in [1.82, 2.24) is 4.98 Å². The quantitative estimate of drug-likeness (QED) is 0.466. The van der Waals surface area contributed by atoms with E-state index in [0.717, 1.165) is 24.0 Å². The van der Waals surface area contributed by atoms with Crippen LogP contribution in [0.2, 0.25) is 10.2 Å². The van der Waals surface area contributed by atoms with E-state index in [4.69, 9.17) is 23.2 Å². The minimum absolute atomic E-state index is 0.240. The van der Waals surface area contributed by atoms with Crippen LogP contribution < -0.4 is 0 Å². The summed E-state index contributed by atoms with van der Waals surface area (Å²) in [7, 11) is 0. The van der Waals surface area contributed by atoms with Crippen molar-refractivity contribution < 1.29 is 4.39 Å². The predicted octanol–water partition coefficient (Wildman–Crippen LogP) is 6.81. The van der Waals surface area contributed by atoms with E-state index in [1.165, 1.54) is 11.6 Å². The molecule has 4 heteroatoms. The molecule has 0 amide bonds. The van der Waals surface area contributed by atoms with E-state index >= 15 is 0 Å². The molecule has 0 N–H and O–H groups in total. The number of aryl methyl sites for hydroxylation is 1. The van der Waals surface area contributed by atoms with Gasteiger partial charge in [0.2, 0.25) is 0 Å². The molecule has 0 aliphatic carbocycles. The van der Waals surface area contributed by atoms with Crippen LogP contribution in [0.5, 0.6) is 0 Å². The Morgan fingerprint density at radius 2 is 1.62 bits per heavy atom. The third-order valence-corrected chi connectivity index (χ3v) is 4.59. The summed E-state index contributed by atoms with van der Waals surface area (Å²) in [6.45, 7) is 2.14. The van der Waals surface area contributed by atoms with Crippen molar-refractivity contribution in [2.75, 3.05) is 0 Å². The van der Waals surface area contributed by atoms with Crippen LogP contribution in [0.3, 0.4) is 0 Å². The zero-order chi connectivity index (χ0) is 17.1. The first kappa shape index (κ1) is 16.9. The summed E-state index contributed by atoms with van der Waals surface area (Å²) in [5.74, 6) is -0.276. The Labute approximate surface area is 151 Å². The molecule has 0 aliphatic rings. The van der Waals surface area contributed by atoms with Gasteiger partial charge in [0.25, 0.3) is 0 Å². The lowest BCUT2D eigenvalue weighted by molar-refractivity contribution is 0.632. The number of halogens is 3. The molecule has 0 saturated carbocycles. The molecule has 122 valence electrons. The maximum Gasteiger partial charge on any atom is 0.147 e. The van der Waals surface area contributed by atoms with Gasteiger partial charge in [0.05, 0.1) is 5.02 Å². The number of hydrogen-bond acceptors (Lipinski definition) is 1. The maximum atomic E-state index is 14.6. The van der Waals surface area contributed by atoms with Crippen LogP contribution in [0.25, 0.3) is 22.3 Å². The van der Waals surface area contributed by atoms with Crippen molar-refractivity contribution in [3.05, 3.63) is 76.3 Å². The molecule has 0 spiro atoms. The second kappa shape index (κ2) is 7.33. The third kappa shape index (κ3) is 3.61. The van der Waals surface area contributed by atoms with E-state index in [1.54, 1.807) is 18.3 Å². The Bertz CT molecular complexity index is 860. The van der Waals surface area contributed by atoms with Gasteiger partial charge in [-0.15, -0.1) is 0 Å². The zero-order valence-electron chi connectivity index (χ0n) is 13.2. The molecule has 0 atom stereocenters. The van der Waals surface area contributed by atoms with Gasteiger partial charge in [0.1, 0.15) is 11.0 Å². The summed E-state index contributed by atoms with van der Waals surface area (Å²) in [6, 6.07) is 14.8. The second-order valence-electron chi connectivity index (χ2n) is 5.64. The SMILES string of the molecule is CCCc1ccc(-c2ccc(-c3cnc(Cl)c(Cl)c3)cc2F)cc1. The highest BCUT2D eigenvalue weighted by Crippen LogP contribution is 2.30. The molecule has 0 radical (unpaired) electrons. The Kier molecular flexibility index (Phi) is 5.17. The highest BCUT2D eigenvalue weighted by Gasteiger charge is 2.09. The second-order valence-corrected chi connectivity index (χ2v) is 6.40. The summed E-state index contributed by atoms with van der Waals surface area (Å²) in [5.41, 5.74) is 4.15. The maximum absolute atomic E-state index is 14.6. The van der Waals surface area contributed by atoms with Gasteiger partial charge in [-0.2, -0.15) is 0 Å². The van der Waals surface area contributed by atoms with Crippen LogP contribution in [0.4, 0.5) is 4.39 Å².